The molecule has 0 amide bonds. The van der Waals surface area contributed by atoms with Gasteiger partial charge in [-0.25, -0.2) is 0 Å². The average Bonchev–Trinajstić information content (AvgIpc) is 2.40. The molecule has 1 saturated carbocycles. The Kier molecular flexibility index (Phi) is 5.91. The quantitative estimate of drug-likeness (QED) is 0.398. The fourth-order valence-electron chi connectivity index (χ4n) is 2.59. The Labute approximate surface area is 117 Å². The van der Waals surface area contributed by atoms with Gasteiger partial charge in [-0.3, -0.25) is 4.79 Å². The molecular formula is C13H24O7. The van der Waals surface area contributed by atoms with Crippen LogP contribution < -0.4 is 0 Å². The molecule has 1 rings (SSSR count). The molecule has 7 nitrogen and oxygen atoms in total. The van der Waals surface area contributed by atoms with Gasteiger partial charge in [0.1, 0.15) is 30.0 Å². The van der Waals surface area contributed by atoms with Gasteiger partial charge in [0.25, 0.3) is 0 Å². The zero-order valence-electron chi connectivity index (χ0n) is 11.8. The molecular weight excluding hydrogens is 268 g/mol. The van der Waals surface area contributed by atoms with Crippen LogP contribution in [0.2, 0.25) is 0 Å². The first kappa shape index (κ1) is 17.3. The molecule has 0 aromatic heterocycles. The van der Waals surface area contributed by atoms with Crippen molar-refractivity contribution < 1.29 is 35.1 Å². The molecule has 0 aliphatic heterocycles. The van der Waals surface area contributed by atoms with E-state index in [1.165, 1.54) is 0 Å². The molecule has 7 heteroatoms. The largest absolute Gasteiger partial charge is 0.456 e. The van der Waals surface area contributed by atoms with Gasteiger partial charge in [-0.2, -0.15) is 0 Å². The molecule has 6 atom stereocenters. The van der Waals surface area contributed by atoms with Crippen LogP contribution in [0.1, 0.15) is 39.5 Å². The minimum atomic E-state index is -1.99. The lowest BCUT2D eigenvalue weighted by atomic mass is 9.72. The standard InChI is InChI=1S/C13H24O7/c1-3-5-7(14)20-12-10(17)8(15)9(16)11(18)13(12,19)6-4-2/h8-12,15-19H,3-6H2,1-2H3/t8-,9-,10+,11+,12-,13+/m1/s1. The Balaban J connectivity index is 3.02. The van der Waals surface area contributed by atoms with Gasteiger partial charge < -0.3 is 30.3 Å². The molecule has 0 saturated heterocycles. The predicted octanol–water partition coefficient (Wildman–Crippen LogP) is -1.31. The van der Waals surface area contributed by atoms with Crippen LogP contribution in [-0.2, 0) is 9.53 Å². The van der Waals surface area contributed by atoms with Crippen LogP contribution in [0, 0.1) is 0 Å². The average molecular weight is 292 g/mol. The first-order chi connectivity index (χ1) is 9.29. The number of hydrogen-bond acceptors (Lipinski definition) is 7. The van der Waals surface area contributed by atoms with Gasteiger partial charge in [-0.05, 0) is 12.8 Å². The summed E-state index contributed by atoms with van der Waals surface area (Å²) in [7, 11) is 0. The van der Waals surface area contributed by atoms with E-state index in [0.29, 0.717) is 12.8 Å². The fourth-order valence-corrected chi connectivity index (χ4v) is 2.59. The summed E-state index contributed by atoms with van der Waals surface area (Å²) in [6.45, 7) is 3.50. The molecule has 1 aliphatic carbocycles. The molecule has 118 valence electrons. The van der Waals surface area contributed by atoms with E-state index in [-0.39, 0.29) is 12.8 Å². The van der Waals surface area contributed by atoms with Crippen molar-refractivity contribution in [2.75, 3.05) is 0 Å². The maximum absolute atomic E-state index is 11.6. The number of aliphatic hydroxyl groups excluding tert-OH is 4. The predicted molar refractivity (Wildman–Crippen MR) is 68.7 cm³/mol. The summed E-state index contributed by atoms with van der Waals surface area (Å²) < 4.78 is 5.03. The molecule has 0 heterocycles. The Bertz CT molecular complexity index is 335. The maximum Gasteiger partial charge on any atom is 0.306 e. The molecule has 0 aromatic rings. The van der Waals surface area contributed by atoms with Gasteiger partial charge in [0.2, 0.25) is 0 Å². The highest BCUT2D eigenvalue weighted by atomic mass is 16.6. The molecule has 0 radical (unpaired) electrons. The van der Waals surface area contributed by atoms with Gasteiger partial charge >= 0.3 is 5.97 Å². The van der Waals surface area contributed by atoms with Crippen molar-refractivity contribution in [3.63, 3.8) is 0 Å². The highest BCUT2D eigenvalue weighted by molar-refractivity contribution is 5.69. The van der Waals surface area contributed by atoms with E-state index in [2.05, 4.69) is 0 Å². The minimum absolute atomic E-state index is 0.0130. The third-order valence-corrected chi connectivity index (χ3v) is 3.70. The highest BCUT2D eigenvalue weighted by Gasteiger charge is 2.59. The fraction of sp³-hybridized carbons (Fsp3) is 0.923. The van der Waals surface area contributed by atoms with E-state index in [9.17, 15) is 30.3 Å². The molecule has 1 aliphatic rings. The number of rotatable bonds is 5. The van der Waals surface area contributed by atoms with Gasteiger partial charge in [-0.15, -0.1) is 0 Å². The molecule has 1 fully saturated rings. The topological polar surface area (TPSA) is 127 Å². The number of esters is 1. The lowest BCUT2D eigenvalue weighted by Crippen LogP contribution is -2.71. The third-order valence-electron chi connectivity index (χ3n) is 3.70. The number of ether oxygens (including phenoxy) is 1. The summed E-state index contributed by atoms with van der Waals surface area (Å²) in [5.74, 6) is -0.637. The van der Waals surface area contributed by atoms with Crippen LogP contribution in [-0.4, -0.2) is 67.6 Å². The highest BCUT2D eigenvalue weighted by Crippen LogP contribution is 2.35. The molecule has 0 bridgehead atoms. The van der Waals surface area contributed by atoms with Crippen LogP contribution in [0.15, 0.2) is 0 Å². The summed E-state index contributed by atoms with van der Waals surface area (Å²) in [5.41, 5.74) is -1.99. The third kappa shape index (κ3) is 3.12. The van der Waals surface area contributed by atoms with Crippen LogP contribution in [0.3, 0.4) is 0 Å². The summed E-state index contributed by atoms with van der Waals surface area (Å²) in [6.07, 6.45) is -7.17. The second kappa shape index (κ2) is 6.82. The van der Waals surface area contributed by atoms with E-state index >= 15 is 0 Å². The van der Waals surface area contributed by atoms with Crippen LogP contribution in [0.25, 0.3) is 0 Å². The van der Waals surface area contributed by atoms with Gasteiger partial charge in [-0.1, -0.05) is 20.3 Å². The van der Waals surface area contributed by atoms with Crippen LogP contribution in [0.4, 0.5) is 0 Å². The van der Waals surface area contributed by atoms with Crippen LogP contribution >= 0.6 is 0 Å². The molecule has 0 spiro atoms. The monoisotopic (exact) mass is 292 g/mol. The van der Waals surface area contributed by atoms with Crippen molar-refractivity contribution in [3.8, 4) is 0 Å². The second-order valence-corrected chi connectivity index (χ2v) is 5.32. The summed E-state index contributed by atoms with van der Waals surface area (Å²) in [4.78, 5) is 11.6. The summed E-state index contributed by atoms with van der Waals surface area (Å²) >= 11 is 0. The van der Waals surface area contributed by atoms with Crippen LogP contribution in [0.5, 0.6) is 0 Å². The lowest BCUT2D eigenvalue weighted by molar-refractivity contribution is -0.275. The smallest absolute Gasteiger partial charge is 0.306 e. The van der Waals surface area contributed by atoms with Crippen molar-refractivity contribution in [1.82, 2.24) is 0 Å². The lowest BCUT2D eigenvalue weighted by Gasteiger charge is -2.49. The number of aliphatic hydroxyl groups is 5. The normalized spacial score (nSPS) is 41.5. The second-order valence-electron chi connectivity index (χ2n) is 5.32. The number of hydrogen-bond donors (Lipinski definition) is 5. The first-order valence-corrected chi connectivity index (χ1v) is 6.93. The Morgan fingerprint density at radius 2 is 1.65 bits per heavy atom. The van der Waals surface area contributed by atoms with Crippen molar-refractivity contribution in [3.05, 3.63) is 0 Å². The van der Waals surface area contributed by atoms with Gasteiger partial charge in [0.15, 0.2) is 6.10 Å². The van der Waals surface area contributed by atoms with E-state index in [4.69, 9.17) is 4.74 Å². The van der Waals surface area contributed by atoms with Crippen molar-refractivity contribution in [1.29, 1.82) is 0 Å². The zero-order valence-corrected chi connectivity index (χ0v) is 11.8. The van der Waals surface area contributed by atoms with Gasteiger partial charge in [0.05, 0.1) is 0 Å². The SMILES string of the molecule is CCCC(=O)O[C@@H]1[C@@H](O)[C@H](O)[C@@H](O)[C@H](O)[C@@]1(O)CCC. The van der Waals surface area contributed by atoms with Crippen molar-refractivity contribution >= 4 is 5.97 Å². The number of carbonyl (C=O) groups excluding carboxylic acids is 1. The van der Waals surface area contributed by atoms with E-state index < -0.39 is 42.1 Å². The minimum Gasteiger partial charge on any atom is -0.456 e. The van der Waals surface area contributed by atoms with E-state index in [0.717, 1.165) is 0 Å². The van der Waals surface area contributed by atoms with Crippen molar-refractivity contribution in [2.45, 2.75) is 75.7 Å². The Morgan fingerprint density at radius 1 is 1.05 bits per heavy atom. The zero-order chi connectivity index (χ0) is 15.5. The van der Waals surface area contributed by atoms with Gasteiger partial charge in [0, 0.05) is 6.42 Å². The molecule has 0 unspecified atom stereocenters. The van der Waals surface area contributed by atoms with E-state index in [1.54, 1.807) is 13.8 Å². The Hall–Kier alpha value is -0.730. The maximum atomic E-state index is 11.6. The van der Waals surface area contributed by atoms with Crippen molar-refractivity contribution in [2.24, 2.45) is 0 Å². The molecule has 20 heavy (non-hydrogen) atoms. The molecule has 5 N–H and O–H groups in total. The Morgan fingerprint density at radius 3 is 2.15 bits per heavy atom. The first-order valence-electron chi connectivity index (χ1n) is 6.93. The number of carbonyl (C=O) groups is 1. The summed E-state index contributed by atoms with van der Waals surface area (Å²) in [6, 6.07) is 0. The summed E-state index contributed by atoms with van der Waals surface area (Å²) in [5, 5.41) is 49.8. The van der Waals surface area contributed by atoms with E-state index in [1.807, 2.05) is 0 Å². The molecule has 0 aromatic carbocycles.